The van der Waals surface area contributed by atoms with Gasteiger partial charge in [0.15, 0.2) is 0 Å². The van der Waals surface area contributed by atoms with Gasteiger partial charge in [0.05, 0.1) is 11.0 Å². The molecule has 10 heavy (non-hydrogen) atoms. The van der Waals surface area contributed by atoms with Gasteiger partial charge in [0.2, 0.25) is 0 Å². The molecule has 1 N–H and O–H groups in total. The second kappa shape index (κ2) is 3.49. The predicted octanol–water partition coefficient (Wildman–Crippen LogP) is 1.45. The molecule has 0 bridgehead atoms. The van der Waals surface area contributed by atoms with E-state index >= 15 is 0 Å². The molecule has 1 atom stereocenters. The van der Waals surface area contributed by atoms with Gasteiger partial charge >= 0.3 is 0 Å². The summed E-state index contributed by atoms with van der Waals surface area (Å²) >= 11 is 0. The number of rotatable bonds is 2. The molecule has 0 heterocycles. The Bertz CT molecular complexity index is 126. The smallest absolute Gasteiger partial charge is 0.0946 e. The van der Waals surface area contributed by atoms with E-state index in [1.807, 2.05) is 34.6 Å². The molecule has 0 aromatic carbocycles. The summed E-state index contributed by atoms with van der Waals surface area (Å²) in [7, 11) is -0.891. The minimum absolute atomic E-state index is 0.0465. The van der Waals surface area contributed by atoms with Crippen LogP contribution in [0.15, 0.2) is 0 Å². The summed E-state index contributed by atoms with van der Waals surface area (Å²) in [5.41, 5.74) is -0.0465. The van der Waals surface area contributed by atoms with Crippen molar-refractivity contribution in [3.05, 3.63) is 0 Å². The van der Waals surface area contributed by atoms with E-state index in [-0.39, 0.29) is 10.8 Å². The van der Waals surface area contributed by atoms with E-state index in [0.29, 0.717) is 0 Å². The lowest BCUT2D eigenvalue weighted by atomic mass is 10.1. The Morgan fingerprint density at radius 3 is 1.80 bits per heavy atom. The van der Waals surface area contributed by atoms with E-state index < -0.39 is 11.0 Å². The molecule has 0 fully saturated rings. The summed E-state index contributed by atoms with van der Waals surface area (Å²) in [6.45, 7) is 9.90. The van der Waals surface area contributed by atoms with Crippen LogP contribution in [-0.2, 0) is 11.0 Å². The predicted molar refractivity (Wildman–Crippen MR) is 46.2 cm³/mol. The SMILES string of the molecule is CC(C)S(=O)NC(C)(C)C. The van der Waals surface area contributed by atoms with Crippen molar-refractivity contribution in [3.8, 4) is 0 Å². The van der Waals surface area contributed by atoms with Crippen LogP contribution < -0.4 is 4.72 Å². The van der Waals surface area contributed by atoms with Crippen molar-refractivity contribution in [2.45, 2.75) is 45.4 Å². The van der Waals surface area contributed by atoms with Gasteiger partial charge in [0.25, 0.3) is 0 Å². The minimum Gasteiger partial charge on any atom is -0.243 e. The van der Waals surface area contributed by atoms with E-state index in [1.165, 1.54) is 0 Å². The highest BCUT2D eigenvalue weighted by Crippen LogP contribution is 2.02. The van der Waals surface area contributed by atoms with Gasteiger partial charge in [0, 0.05) is 10.8 Å². The number of hydrogen-bond donors (Lipinski definition) is 1. The molecule has 0 saturated heterocycles. The maximum absolute atomic E-state index is 11.2. The van der Waals surface area contributed by atoms with Gasteiger partial charge in [-0.25, -0.2) is 8.93 Å². The zero-order chi connectivity index (χ0) is 8.36. The van der Waals surface area contributed by atoms with Crippen LogP contribution in [0.2, 0.25) is 0 Å². The first kappa shape index (κ1) is 10.1. The van der Waals surface area contributed by atoms with Crippen LogP contribution in [-0.4, -0.2) is 15.0 Å². The summed E-state index contributed by atoms with van der Waals surface area (Å²) in [6, 6.07) is 0. The fourth-order valence-corrected chi connectivity index (χ4v) is 1.26. The third-order valence-corrected chi connectivity index (χ3v) is 2.50. The van der Waals surface area contributed by atoms with Crippen LogP contribution in [0.5, 0.6) is 0 Å². The molecule has 0 rings (SSSR count). The third kappa shape index (κ3) is 4.94. The van der Waals surface area contributed by atoms with Crippen LogP contribution in [0.25, 0.3) is 0 Å². The Kier molecular flexibility index (Phi) is 3.52. The molecule has 1 unspecified atom stereocenters. The van der Waals surface area contributed by atoms with Crippen LogP contribution >= 0.6 is 0 Å². The van der Waals surface area contributed by atoms with Crippen molar-refractivity contribution in [3.63, 3.8) is 0 Å². The normalized spacial score (nSPS) is 15.8. The average Bonchev–Trinajstić information content (AvgIpc) is 1.60. The molecule has 0 radical (unpaired) electrons. The molecular weight excluding hydrogens is 146 g/mol. The lowest BCUT2D eigenvalue weighted by Gasteiger charge is -2.20. The minimum atomic E-state index is -0.891. The van der Waals surface area contributed by atoms with Crippen LogP contribution in [0.4, 0.5) is 0 Å². The average molecular weight is 163 g/mol. The molecule has 0 aromatic rings. The molecule has 0 amide bonds. The summed E-state index contributed by atoms with van der Waals surface area (Å²) in [5.74, 6) is 0. The Morgan fingerprint density at radius 2 is 1.70 bits per heavy atom. The van der Waals surface area contributed by atoms with E-state index in [9.17, 15) is 4.21 Å². The Balaban J connectivity index is 3.81. The quantitative estimate of drug-likeness (QED) is 0.656. The molecule has 62 valence electrons. The van der Waals surface area contributed by atoms with Crippen molar-refractivity contribution < 1.29 is 4.21 Å². The summed E-state index contributed by atoms with van der Waals surface area (Å²) in [4.78, 5) is 0. The van der Waals surface area contributed by atoms with E-state index in [0.717, 1.165) is 0 Å². The Morgan fingerprint density at radius 1 is 1.30 bits per heavy atom. The summed E-state index contributed by atoms with van der Waals surface area (Å²) in [5, 5.41) is 0.194. The lowest BCUT2D eigenvalue weighted by Crippen LogP contribution is -2.39. The number of hydrogen-bond acceptors (Lipinski definition) is 1. The van der Waals surface area contributed by atoms with Gasteiger partial charge < -0.3 is 0 Å². The first-order chi connectivity index (χ1) is 4.33. The zero-order valence-electron chi connectivity index (χ0n) is 7.39. The van der Waals surface area contributed by atoms with Gasteiger partial charge in [0.1, 0.15) is 0 Å². The van der Waals surface area contributed by atoms with Crippen LogP contribution in [0.3, 0.4) is 0 Å². The zero-order valence-corrected chi connectivity index (χ0v) is 8.21. The third-order valence-electron chi connectivity index (χ3n) is 0.835. The van der Waals surface area contributed by atoms with Crippen LogP contribution in [0.1, 0.15) is 34.6 Å². The fourth-order valence-electron chi connectivity index (χ4n) is 0.420. The highest BCUT2D eigenvalue weighted by Gasteiger charge is 2.14. The second-order valence-corrected chi connectivity index (χ2v) is 5.44. The Hall–Kier alpha value is 0.110. The Labute approximate surface area is 66.0 Å². The van der Waals surface area contributed by atoms with Gasteiger partial charge in [-0.05, 0) is 34.6 Å². The van der Waals surface area contributed by atoms with Crippen molar-refractivity contribution >= 4 is 11.0 Å². The topological polar surface area (TPSA) is 29.1 Å². The summed E-state index contributed by atoms with van der Waals surface area (Å²) in [6.07, 6.45) is 0. The molecule has 0 spiro atoms. The standard InChI is InChI=1S/C7H17NOS/c1-6(2)10(9)8-7(3,4)5/h6,8H,1-5H3. The van der Waals surface area contributed by atoms with Gasteiger partial charge in [-0.2, -0.15) is 0 Å². The molecule has 0 aliphatic heterocycles. The molecule has 0 aliphatic carbocycles. The summed E-state index contributed by atoms with van der Waals surface area (Å²) < 4.78 is 14.1. The molecule has 2 nitrogen and oxygen atoms in total. The molecule has 3 heteroatoms. The fraction of sp³-hybridized carbons (Fsp3) is 1.00. The molecule has 0 saturated carbocycles. The van der Waals surface area contributed by atoms with Gasteiger partial charge in [-0.3, -0.25) is 0 Å². The van der Waals surface area contributed by atoms with Crippen LogP contribution in [0, 0.1) is 0 Å². The second-order valence-electron chi connectivity index (χ2n) is 3.70. The monoisotopic (exact) mass is 163 g/mol. The lowest BCUT2D eigenvalue weighted by molar-refractivity contribution is 0.517. The molecule has 0 aromatic heterocycles. The van der Waals surface area contributed by atoms with Crippen molar-refractivity contribution in [1.82, 2.24) is 4.72 Å². The van der Waals surface area contributed by atoms with Crippen molar-refractivity contribution in [2.24, 2.45) is 0 Å². The number of nitrogens with one attached hydrogen (secondary N) is 1. The van der Waals surface area contributed by atoms with Crippen molar-refractivity contribution in [1.29, 1.82) is 0 Å². The molecule has 0 aliphatic rings. The molecular formula is C7H17NOS. The van der Waals surface area contributed by atoms with E-state index in [1.54, 1.807) is 0 Å². The van der Waals surface area contributed by atoms with E-state index in [2.05, 4.69) is 4.72 Å². The highest BCUT2D eigenvalue weighted by atomic mass is 32.2. The highest BCUT2D eigenvalue weighted by molar-refractivity contribution is 7.83. The van der Waals surface area contributed by atoms with Gasteiger partial charge in [-0.1, -0.05) is 0 Å². The largest absolute Gasteiger partial charge is 0.243 e. The first-order valence-electron chi connectivity index (χ1n) is 3.51. The van der Waals surface area contributed by atoms with E-state index in [4.69, 9.17) is 0 Å². The van der Waals surface area contributed by atoms with Crippen molar-refractivity contribution in [2.75, 3.05) is 0 Å². The van der Waals surface area contributed by atoms with Gasteiger partial charge in [-0.15, -0.1) is 0 Å². The maximum Gasteiger partial charge on any atom is 0.0946 e. The first-order valence-corrected chi connectivity index (χ1v) is 4.72. The maximum atomic E-state index is 11.2.